The largest absolute Gasteiger partial charge is 0.416 e. The van der Waals surface area contributed by atoms with E-state index in [1.807, 2.05) is 72.8 Å². The van der Waals surface area contributed by atoms with Gasteiger partial charge < -0.3 is 26.8 Å². The zero-order valence-corrected chi connectivity index (χ0v) is 30.0. The van der Waals surface area contributed by atoms with Crippen molar-refractivity contribution >= 4 is 0 Å². The van der Waals surface area contributed by atoms with Crippen molar-refractivity contribution in [2.24, 2.45) is 0 Å². The monoisotopic (exact) mass is 756 g/mol. The first kappa shape index (κ1) is 33.3. The molecule has 276 valence electrons. The third-order valence-corrected chi connectivity index (χ3v) is 8.60. The Balaban J connectivity index is 1.03. The van der Waals surface area contributed by atoms with Crippen molar-refractivity contribution in [2.75, 3.05) is 0 Å². The Hall–Kier alpha value is -8.28. The van der Waals surface area contributed by atoms with Crippen LogP contribution in [0, 0.1) is 20.8 Å². The molecule has 57 heavy (non-hydrogen) atoms. The maximum atomic E-state index is 6.23. The van der Waals surface area contributed by atoms with Gasteiger partial charge in [-0.25, -0.2) is 0 Å². The number of aromatic nitrogens is 12. The van der Waals surface area contributed by atoms with E-state index in [0.29, 0.717) is 85.2 Å². The number of rotatable bonds is 9. The summed E-state index contributed by atoms with van der Waals surface area (Å²) in [7, 11) is 0. The van der Waals surface area contributed by atoms with Crippen LogP contribution in [-0.2, 0) is 0 Å². The molecule has 10 rings (SSSR count). The fraction of sp³-hybridized carbons (Fsp3) is 0.0769. The molecule has 18 nitrogen and oxygen atoms in total. The van der Waals surface area contributed by atoms with Gasteiger partial charge >= 0.3 is 0 Å². The summed E-state index contributed by atoms with van der Waals surface area (Å²) >= 11 is 0. The third-order valence-electron chi connectivity index (χ3n) is 8.60. The van der Waals surface area contributed by atoms with Crippen LogP contribution in [0.5, 0.6) is 0 Å². The zero-order chi connectivity index (χ0) is 38.5. The van der Waals surface area contributed by atoms with E-state index < -0.39 is 0 Å². The molecule has 18 heteroatoms. The van der Waals surface area contributed by atoms with Crippen molar-refractivity contribution < 1.29 is 26.8 Å². The second-order valence-corrected chi connectivity index (χ2v) is 12.7. The molecule has 0 spiro atoms. The number of hydrogen-bond acceptors (Lipinski definition) is 18. The molecule has 6 aromatic heterocycles. The number of hydrogen-bond donors (Lipinski definition) is 0. The Bertz CT molecular complexity index is 2730. The van der Waals surface area contributed by atoms with Crippen molar-refractivity contribution in [3.8, 4) is 103 Å². The van der Waals surface area contributed by atoms with Crippen LogP contribution in [0.15, 0.2) is 118 Å². The van der Waals surface area contributed by atoms with Crippen LogP contribution in [0.4, 0.5) is 0 Å². The van der Waals surface area contributed by atoms with E-state index in [0.717, 1.165) is 0 Å². The minimum absolute atomic E-state index is 0.205. The van der Waals surface area contributed by atoms with E-state index in [1.54, 1.807) is 39.0 Å². The van der Waals surface area contributed by atoms with Crippen LogP contribution >= 0.6 is 0 Å². The first-order chi connectivity index (χ1) is 27.9. The third kappa shape index (κ3) is 6.52. The van der Waals surface area contributed by atoms with Crippen LogP contribution in [-0.4, -0.2) is 61.0 Å². The van der Waals surface area contributed by atoms with Gasteiger partial charge in [-0.15, -0.1) is 30.6 Å². The van der Waals surface area contributed by atoms with E-state index in [2.05, 4.69) is 61.0 Å². The van der Waals surface area contributed by atoms with Gasteiger partial charge in [0.25, 0.3) is 17.7 Å². The van der Waals surface area contributed by atoms with E-state index in [9.17, 15) is 0 Å². The summed E-state index contributed by atoms with van der Waals surface area (Å²) in [6.45, 7) is 5.25. The Kier molecular flexibility index (Phi) is 7.91. The summed E-state index contributed by atoms with van der Waals surface area (Å²) in [6.07, 6.45) is 0. The van der Waals surface area contributed by atoms with E-state index in [-0.39, 0.29) is 35.3 Å². The van der Waals surface area contributed by atoms with Crippen LogP contribution < -0.4 is 0 Å². The maximum Gasteiger partial charge on any atom is 0.257 e. The SMILES string of the molecule is Cc1noc(-c2cccc(-c3nnc(-c4cc(-c5nnc(-c6cccc(-c7nc(C)no7)c6)o5)cc(-c5nnc(-c6cccc(-c7nc(C)no7)c6)o5)c4)o3)c2)n1. The Labute approximate surface area is 319 Å². The molecule has 0 fully saturated rings. The van der Waals surface area contributed by atoms with Gasteiger partial charge in [0.1, 0.15) is 0 Å². The zero-order valence-electron chi connectivity index (χ0n) is 30.0. The molecule has 6 heterocycles. The highest BCUT2D eigenvalue weighted by atomic mass is 16.5. The average molecular weight is 757 g/mol. The van der Waals surface area contributed by atoms with E-state index >= 15 is 0 Å². The van der Waals surface area contributed by atoms with E-state index in [1.165, 1.54) is 0 Å². The lowest BCUT2D eigenvalue weighted by molar-refractivity contribution is 0.425. The minimum Gasteiger partial charge on any atom is -0.416 e. The molecule has 0 aliphatic carbocycles. The van der Waals surface area contributed by atoms with Gasteiger partial charge in [0.2, 0.25) is 35.3 Å². The minimum atomic E-state index is 0.205. The second kappa shape index (κ2) is 13.5. The van der Waals surface area contributed by atoms with Crippen molar-refractivity contribution in [3.63, 3.8) is 0 Å². The molecule has 0 amide bonds. The molecule has 0 bridgehead atoms. The average Bonchev–Trinajstić information content (AvgIpc) is 4.10. The summed E-state index contributed by atoms with van der Waals surface area (Å²) < 4.78 is 34.8. The molecule has 0 atom stereocenters. The van der Waals surface area contributed by atoms with Gasteiger partial charge in [0.05, 0.1) is 0 Å². The Morgan fingerprint density at radius 2 is 0.526 bits per heavy atom. The first-order valence-corrected chi connectivity index (χ1v) is 17.3. The molecule has 0 saturated heterocycles. The summed E-state index contributed by atoms with van der Waals surface area (Å²) in [5, 5.41) is 37.8. The molecular formula is C39H24N12O6. The van der Waals surface area contributed by atoms with Gasteiger partial charge in [-0.2, -0.15) is 15.0 Å². The topological polar surface area (TPSA) is 234 Å². The highest BCUT2D eigenvalue weighted by Gasteiger charge is 2.21. The van der Waals surface area contributed by atoms with Crippen LogP contribution in [0.2, 0.25) is 0 Å². The van der Waals surface area contributed by atoms with Gasteiger partial charge in [-0.3, -0.25) is 0 Å². The molecule has 0 saturated carbocycles. The standard InChI is InChI=1S/C39H24N12O6/c1-19-40-31(55-49-19)22-7-4-10-25(13-22)34-43-46-37(52-34)28-16-29(38-47-44-35(53-38)26-11-5-8-23(14-26)32-41-20(2)50-56-32)18-30(17-28)39-48-45-36(54-39)27-12-6-9-24(15-27)33-42-21(3)51-57-33/h4-18H,1-3H3. The number of aryl methyl sites for hydroxylation is 3. The van der Waals surface area contributed by atoms with Crippen LogP contribution in [0.3, 0.4) is 0 Å². The lowest BCUT2D eigenvalue weighted by Gasteiger charge is -2.04. The highest BCUT2D eigenvalue weighted by Crippen LogP contribution is 2.36. The molecule has 0 radical (unpaired) electrons. The Morgan fingerprint density at radius 1 is 0.298 bits per heavy atom. The predicted molar refractivity (Wildman–Crippen MR) is 197 cm³/mol. The van der Waals surface area contributed by atoms with Crippen LogP contribution in [0.25, 0.3) is 103 Å². The molecule has 4 aromatic carbocycles. The fourth-order valence-corrected chi connectivity index (χ4v) is 5.97. The summed E-state index contributed by atoms with van der Waals surface area (Å²) in [4.78, 5) is 13.0. The second-order valence-electron chi connectivity index (χ2n) is 12.7. The normalized spacial score (nSPS) is 11.4. The quantitative estimate of drug-likeness (QED) is 0.136. The summed E-state index contributed by atoms with van der Waals surface area (Å²) in [6, 6.07) is 27.5. The number of benzene rings is 4. The fourth-order valence-electron chi connectivity index (χ4n) is 5.97. The van der Waals surface area contributed by atoms with Crippen molar-refractivity contribution in [1.82, 2.24) is 61.0 Å². The van der Waals surface area contributed by atoms with Crippen molar-refractivity contribution in [2.45, 2.75) is 20.8 Å². The van der Waals surface area contributed by atoms with Gasteiger partial charge in [0.15, 0.2) is 17.5 Å². The molecule has 0 N–H and O–H groups in total. The van der Waals surface area contributed by atoms with Crippen molar-refractivity contribution in [1.29, 1.82) is 0 Å². The summed E-state index contributed by atoms with van der Waals surface area (Å²) in [5.74, 6) is 4.10. The lowest BCUT2D eigenvalue weighted by atomic mass is 10.1. The first-order valence-electron chi connectivity index (χ1n) is 17.3. The molecule has 0 aliphatic heterocycles. The van der Waals surface area contributed by atoms with Crippen LogP contribution in [0.1, 0.15) is 17.5 Å². The molecule has 10 aromatic rings. The molecule has 0 unspecified atom stereocenters. The predicted octanol–water partition coefficient (Wildman–Crippen LogP) is 7.91. The lowest BCUT2D eigenvalue weighted by Crippen LogP contribution is -1.87. The molecular weight excluding hydrogens is 733 g/mol. The van der Waals surface area contributed by atoms with Gasteiger partial charge in [-0.05, 0) is 93.6 Å². The van der Waals surface area contributed by atoms with E-state index in [4.69, 9.17) is 26.8 Å². The van der Waals surface area contributed by atoms with Gasteiger partial charge in [0, 0.05) is 50.1 Å². The smallest absolute Gasteiger partial charge is 0.257 e. The number of nitrogens with zero attached hydrogens (tertiary/aromatic N) is 12. The molecule has 0 aliphatic rings. The van der Waals surface area contributed by atoms with Crippen molar-refractivity contribution in [3.05, 3.63) is 108 Å². The van der Waals surface area contributed by atoms with Gasteiger partial charge in [-0.1, -0.05) is 33.7 Å². The Morgan fingerprint density at radius 3 is 0.772 bits per heavy atom. The maximum absolute atomic E-state index is 6.23. The summed E-state index contributed by atoms with van der Waals surface area (Å²) in [5.41, 5.74) is 5.61. The highest BCUT2D eigenvalue weighted by molar-refractivity contribution is 5.75.